The van der Waals surface area contributed by atoms with Crippen LogP contribution in [0.4, 0.5) is 17.1 Å². The predicted octanol–water partition coefficient (Wildman–Crippen LogP) is 11.9. The highest BCUT2D eigenvalue weighted by Crippen LogP contribution is 2.38. The van der Waals surface area contributed by atoms with Crippen LogP contribution in [-0.4, -0.2) is 0 Å². The molecule has 0 atom stereocenters. The summed E-state index contributed by atoms with van der Waals surface area (Å²) in [7, 11) is 0. The molecule has 0 unspecified atom stereocenters. The molecule has 8 aromatic carbocycles. The molecule has 1 nitrogen and oxygen atoms in total. The van der Waals surface area contributed by atoms with Crippen molar-refractivity contribution < 1.29 is 0 Å². The van der Waals surface area contributed by atoms with Gasteiger partial charge in [0.05, 0.1) is 0 Å². The van der Waals surface area contributed by atoms with Crippen molar-refractivity contribution >= 4 is 49.4 Å². The average molecular weight is 548 g/mol. The maximum atomic E-state index is 2.34. The van der Waals surface area contributed by atoms with Gasteiger partial charge in [-0.25, -0.2) is 0 Å². The third kappa shape index (κ3) is 4.62. The van der Waals surface area contributed by atoms with Crippen LogP contribution in [0.25, 0.3) is 54.6 Å². The molecule has 0 saturated heterocycles. The molecule has 0 aliphatic carbocycles. The van der Waals surface area contributed by atoms with Crippen LogP contribution in [-0.2, 0) is 0 Å². The number of hydrogen-bond acceptors (Lipinski definition) is 1. The molecule has 1 heteroatoms. The topological polar surface area (TPSA) is 3.24 Å². The van der Waals surface area contributed by atoms with Crippen molar-refractivity contribution in [3.05, 3.63) is 176 Å². The fourth-order valence-corrected chi connectivity index (χ4v) is 6.29. The summed E-state index contributed by atoms with van der Waals surface area (Å²) < 4.78 is 0. The van der Waals surface area contributed by atoms with E-state index >= 15 is 0 Å². The molecular formula is C42H29N. The van der Waals surface area contributed by atoms with Gasteiger partial charge in [0.25, 0.3) is 0 Å². The Balaban J connectivity index is 1.19. The molecule has 0 N–H and O–H groups in total. The van der Waals surface area contributed by atoms with E-state index in [-0.39, 0.29) is 0 Å². The first kappa shape index (κ1) is 25.1. The molecule has 43 heavy (non-hydrogen) atoms. The van der Waals surface area contributed by atoms with E-state index in [1.807, 2.05) is 0 Å². The first-order chi connectivity index (χ1) is 21.3. The summed E-state index contributed by atoms with van der Waals surface area (Å²) in [5.41, 5.74) is 8.34. The standard InChI is InChI=1S/C42H29N/c1-3-12-36(13-4-1)43(37-14-5-2-6-15-37)38-25-23-30(24-26-38)32-21-19-31-20-22-34(28-35(31)27-32)42-29-33-11-7-8-16-39(33)40-17-9-10-18-41(40)42/h1-29H. The molecule has 0 amide bonds. The zero-order chi connectivity index (χ0) is 28.6. The lowest BCUT2D eigenvalue weighted by Crippen LogP contribution is -2.09. The van der Waals surface area contributed by atoms with E-state index in [0.717, 1.165) is 17.1 Å². The van der Waals surface area contributed by atoms with E-state index in [0.29, 0.717) is 0 Å². The average Bonchev–Trinajstić information content (AvgIpc) is 3.09. The Morgan fingerprint density at radius 1 is 0.279 bits per heavy atom. The van der Waals surface area contributed by atoms with Crippen molar-refractivity contribution in [2.75, 3.05) is 4.90 Å². The minimum Gasteiger partial charge on any atom is -0.311 e. The fraction of sp³-hybridized carbons (Fsp3) is 0. The number of benzene rings is 8. The second-order valence-corrected chi connectivity index (χ2v) is 11.0. The summed E-state index contributed by atoms with van der Waals surface area (Å²) in [4.78, 5) is 2.30. The van der Waals surface area contributed by atoms with E-state index in [4.69, 9.17) is 0 Å². The highest BCUT2D eigenvalue weighted by atomic mass is 15.1. The fourth-order valence-electron chi connectivity index (χ4n) is 6.29. The molecule has 0 aliphatic heterocycles. The zero-order valence-electron chi connectivity index (χ0n) is 23.7. The van der Waals surface area contributed by atoms with Gasteiger partial charge in [0.15, 0.2) is 0 Å². The Bertz CT molecular complexity index is 2180. The number of para-hydroxylation sites is 2. The van der Waals surface area contributed by atoms with Crippen LogP contribution in [0.2, 0.25) is 0 Å². The second kappa shape index (κ2) is 10.6. The highest BCUT2D eigenvalue weighted by Gasteiger charge is 2.13. The van der Waals surface area contributed by atoms with Crippen LogP contribution in [0.5, 0.6) is 0 Å². The van der Waals surface area contributed by atoms with Gasteiger partial charge < -0.3 is 4.90 Å². The molecule has 8 rings (SSSR count). The third-order valence-electron chi connectivity index (χ3n) is 8.41. The number of rotatable bonds is 5. The van der Waals surface area contributed by atoms with E-state index in [1.54, 1.807) is 0 Å². The normalized spacial score (nSPS) is 11.3. The van der Waals surface area contributed by atoms with E-state index in [9.17, 15) is 0 Å². The summed E-state index contributed by atoms with van der Waals surface area (Å²) in [6.45, 7) is 0. The van der Waals surface area contributed by atoms with Crippen LogP contribution < -0.4 is 4.90 Å². The Hall–Kier alpha value is -5.66. The summed E-state index contributed by atoms with van der Waals surface area (Å²) in [6, 6.07) is 63.4. The Morgan fingerprint density at radius 2 is 0.791 bits per heavy atom. The lowest BCUT2D eigenvalue weighted by molar-refractivity contribution is 1.28. The molecule has 0 saturated carbocycles. The van der Waals surface area contributed by atoms with Crippen molar-refractivity contribution in [2.45, 2.75) is 0 Å². The van der Waals surface area contributed by atoms with Gasteiger partial charge in [-0.1, -0.05) is 121 Å². The minimum atomic E-state index is 1.13. The molecule has 8 aromatic rings. The zero-order valence-corrected chi connectivity index (χ0v) is 23.7. The predicted molar refractivity (Wildman–Crippen MR) is 185 cm³/mol. The Kier molecular flexibility index (Phi) is 6.20. The monoisotopic (exact) mass is 547 g/mol. The third-order valence-corrected chi connectivity index (χ3v) is 8.41. The van der Waals surface area contributed by atoms with Gasteiger partial charge in [0.2, 0.25) is 0 Å². The summed E-state index contributed by atoms with van der Waals surface area (Å²) in [5, 5.41) is 7.63. The van der Waals surface area contributed by atoms with Crippen LogP contribution in [0.1, 0.15) is 0 Å². The summed E-state index contributed by atoms with van der Waals surface area (Å²) in [6.07, 6.45) is 0. The van der Waals surface area contributed by atoms with Crippen molar-refractivity contribution in [3.63, 3.8) is 0 Å². The molecule has 0 aromatic heterocycles. The molecule has 0 bridgehead atoms. The van der Waals surface area contributed by atoms with Crippen LogP contribution in [0.15, 0.2) is 176 Å². The van der Waals surface area contributed by atoms with Gasteiger partial charge in [0.1, 0.15) is 0 Å². The van der Waals surface area contributed by atoms with Crippen molar-refractivity contribution in [2.24, 2.45) is 0 Å². The van der Waals surface area contributed by atoms with Gasteiger partial charge in [-0.2, -0.15) is 0 Å². The Morgan fingerprint density at radius 3 is 1.49 bits per heavy atom. The number of hydrogen-bond donors (Lipinski definition) is 0. The largest absolute Gasteiger partial charge is 0.311 e. The van der Waals surface area contributed by atoms with Crippen LogP contribution in [0.3, 0.4) is 0 Å². The van der Waals surface area contributed by atoms with Crippen LogP contribution in [0, 0.1) is 0 Å². The Labute approximate surface area is 251 Å². The molecule has 0 aliphatic rings. The minimum absolute atomic E-state index is 1.13. The summed E-state index contributed by atoms with van der Waals surface area (Å²) in [5.74, 6) is 0. The smallest absolute Gasteiger partial charge is 0.0462 e. The van der Waals surface area contributed by atoms with E-state index in [1.165, 1.54) is 54.6 Å². The quantitative estimate of drug-likeness (QED) is 0.194. The molecule has 0 radical (unpaired) electrons. The lowest BCUT2D eigenvalue weighted by Gasteiger charge is -2.25. The molecule has 202 valence electrons. The van der Waals surface area contributed by atoms with E-state index < -0.39 is 0 Å². The molecule has 0 heterocycles. The van der Waals surface area contributed by atoms with Gasteiger partial charge in [-0.05, 0) is 109 Å². The van der Waals surface area contributed by atoms with Crippen molar-refractivity contribution in [3.8, 4) is 22.3 Å². The SMILES string of the molecule is c1ccc(N(c2ccccc2)c2ccc(-c3ccc4ccc(-c5cc6ccccc6c6ccccc56)cc4c3)cc2)cc1. The van der Waals surface area contributed by atoms with Gasteiger partial charge in [0, 0.05) is 17.1 Å². The number of nitrogens with zero attached hydrogens (tertiary/aromatic N) is 1. The maximum absolute atomic E-state index is 2.34. The van der Waals surface area contributed by atoms with Crippen LogP contribution >= 0.6 is 0 Å². The van der Waals surface area contributed by atoms with Crippen molar-refractivity contribution in [1.29, 1.82) is 0 Å². The maximum Gasteiger partial charge on any atom is 0.0462 e. The number of anilines is 3. The van der Waals surface area contributed by atoms with E-state index in [2.05, 4.69) is 181 Å². The first-order valence-electron chi connectivity index (χ1n) is 14.8. The summed E-state index contributed by atoms with van der Waals surface area (Å²) >= 11 is 0. The molecule has 0 fully saturated rings. The number of fused-ring (bicyclic) bond motifs is 4. The van der Waals surface area contributed by atoms with Gasteiger partial charge in [-0.3, -0.25) is 0 Å². The first-order valence-corrected chi connectivity index (χ1v) is 14.8. The highest BCUT2D eigenvalue weighted by molar-refractivity contribution is 6.14. The van der Waals surface area contributed by atoms with Crippen molar-refractivity contribution in [1.82, 2.24) is 0 Å². The molecule has 0 spiro atoms. The van der Waals surface area contributed by atoms with Gasteiger partial charge in [-0.15, -0.1) is 0 Å². The molecular weight excluding hydrogens is 518 g/mol. The second-order valence-electron chi connectivity index (χ2n) is 11.0. The van der Waals surface area contributed by atoms with Gasteiger partial charge >= 0.3 is 0 Å². The lowest BCUT2D eigenvalue weighted by atomic mass is 9.92.